The van der Waals surface area contributed by atoms with Crippen molar-refractivity contribution in [1.82, 2.24) is 4.98 Å². The molecule has 0 fully saturated rings. The number of benzene rings is 3. The first-order valence-corrected chi connectivity index (χ1v) is 9.40. The molecular weight excluding hydrogens is 359 g/mol. The van der Waals surface area contributed by atoms with Crippen LogP contribution in [0, 0.1) is 12.7 Å². The summed E-state index contributed by atoms with van der Waals surface area (Å²) in [6.07, 6.45) is 0. The van der Waals surface area contributed by atoms with Crippen LogP contribution in [0.15, 0.2) is 72.8 Å². The first-order chi connectivity index (χ1) is 13.1. The third kappa shape index (κ3) is 3.73. The van der Waals surface area contributed by atoms with E-state index in [0.717, 1.165) is 21.3 Å². The number of aryl methyl sites for hydroxylation is 1. The molecule has 3 nitrogen and oxygen atoms in total. The Morgan fingerprint density at radius 1 is 1.04 bits per heavy atom. The molecule has 3 aromatic carbocycles. The second-order valence-electron chi connectivity index (χ2n) is 6.35. The maximum atomic E-state index is 13.3. The van der Waals surface area contributed by atoms with Crippen molar-refractivity contribution in [1.29, 1.82) is 0 Å². The number of fused-ring (bicyclic) bond motifs is 1. The number of hydrogen-bond donors (Lipinski definition) is 0. The van der Waals surface area contributed by atoms with Crippen molar-refractivity contribution < 1.29 is 9.18 Å². The van der Waals surface area contributed by atoms with Crippen LogP contribution in [0.4, 0.5) is 9.52 Å². The smallest absolute Gasteiger partial charge is 0.260 e. The van der Waals surface area contributed by atoms with Crippen LogP contribution in [0.1, 0.15) is 21.5 Å². The van der Waals surface area contributed by atoms with Crippen molar-refractivity contribution in [2.24, 2.45) is 0 Å². The maximum Gasteiger partial charge on any atom is 0.260 e. The van der Waals surface area contributed by atoms with Gasteiger partial charge in [0.25, 0.3) is 5.91 Å². The van der Waals surface area contributed by atoms with Crippen molar-refractivity contribution in [3.05, 3.63) is 95.3 Å². The number of rotatable bonds is 4. The molecule has 0 saturated heterocycles. The van der Waals surface area contributed by atoms with E-state index in [4.69, 9.17) is 0 Å². The summed E-state index contributed by atoms with van der Waals surface area (Å²) in [5.74, 6) is -0.564. The number of thiazole rings is 1. The van der Waals surface area contributed by atoms with E-state index in [9.17, 15) is 9.18 Å². The number of amides is 1. The van der Waals surface area contributed by atoms with E-state index in [0.29, 0.717) is 17.2 Å². The molecule has 0 saturated carbocycles. The Hall–Kier alpha value is -3.05. The Bertz CT molecular complexity index is 1090. The predicted octanol–water partition coefficient (Wildman–Crippen LogP) is 5.59. The molecular formula is C22H17FN2OS. The highest BCUT2D eigenvalue weighted by Gasteiger charge is 2.21. The number of carbonyl (C=O) groups is 1. The SMILES string of the molecule is Cc1ccc2nc(N(Cc3ccccc3)C(=O)c3ccc(F)cc3)sc2c1. The van der Waals surface area contributed by atoms with Crippen LogP contribution in [0.5, 0.6) is 0 Å². The van der Waals surface area contributed by atoms with Crippen LogP contribution in [-0.2, 0) is 6.54 Å². The van der Waals surface area contributed by atoms with Crippen molar-refractivity contribution >= 4 is 32.6 Å². The molecule has 5 heteroatoms. The van der Waals surface area contributed by atoms with Crippen LogP contribution in [-0.4, -0.2) is 10.9 Å². The number of halogens is 1. The van der Waals surface area contributed by atoms with E-state index in [1.807, 2.05) is 49.4 Å². The molecule has 1 aromatic heterocycles. The lowest BCUT2D eigenvalue weighted by Gasteiger charge is -2.20. The van der Waals surface area contributed by atoms with E-state index in [1.165, 1.54) is 35.6 Å². The zero-order valence-electron chi connectivity index (χ0n) is 14.7. The van der Waals surface area contributed by atoms with Gasteiger partial charge < -0.3 is 0 Å². The summed E-state index contributed by atoms with van der Waals surface area (Å²) < 4.78 is 14.3. The van der Waals surface area contributed by atoms with Gasteiger partial charge in [-0.2, -0.15) is 0 Å². The molecule has 1 amide bonds. The average molecular weight is 376 g/mol. The van der Waals surface area contributed by atoms with Crippen molar-refractivity contribution in [3.63, 3.8) is 0 Å². The standard InChI is InChI=1S/C22H17FN2OS/c1-15-7-12-19-20(13-15)27-22(24-19)25(14-16-5-3-2-4-6-16)21(26)17-8-10-18(23)11-9-17/h2-13H,14H2,1H3. The lowest BCUT2D eigenvalue weighted by atomic mass is 10.1. The fourth-order valence-electron chi connectivity index (χ4n) is 2.88. The minimum atomic E-state index is -0.364. The van der Waals surface area contributed by atoms with Crippen LogP contribution in [0.3, 0.4) is 0 Å². The lowest BCUT2D eigenvalue weighted by Crippen LogP contribution is -2.30. The Kier molecular flexibility index (Phi) is 4.69. The molecule has 4 rings (SSSR count). The first kappa shape index (κ1) is 17.4. The number of anilines is 1. The summed E-state index contributed by atoms with van der Waals surface area (Å²) in [7, 11) is 0. The minimum Gasteiger partial charge on any atom is -0.279 e. The van der Waals surface area contributed by atoms with Crippen molar-refractivity contribution in [2.75, 3.05) is 4.90 Å². The van der Waals surface area contributed by atoms with E-state index in [1.54, 1.807) is 4.90 Å². The van der Waals surface area contributed by atoms with Gasteiger partial charge in [0.1, 0.15) is 5.82 Å². The number of hydrogen-bond acceptors (Lipinski definition) is 3. The van der Waals surface area contributed by atoms with Crippen LogP contribution >= 0.6 is 11.3 Å². The van der Waals surface area contributed by atoms with Gasteiger partial charge in [-0.15, -0.1) is 0 Å². The summed E-state index contributed by atoms with van der Waals surface area (Å²) in [6, 6.07) is 21.4. The predicted molar refractivity (Wildman–Crippen MR) is 108 cm³/mol. The van der Waals surface area contributed by atoms with Crippen LogP contribution < -0.4 is 4.90 Å². The maximum absolute atomic E-state index is 13.3. The molecule has 0 aliphatic rings. The molecule has 0 aliphatic carbocycles. The van der Waals surface area contributed by atoms with E-state index < -0.39 is 0 Å². The highest BCUT2D eigenvalue weighted by Crippen LogP contribution is 2.31. The van der Waals surface area contributed by atoms with Gasteiger partial charge in [-0.3, -0.25) is 9.69 Å². The van der Waals surface area contributed by atoms with Gasteiger partial charge in [0.2, 0.25) is 0 Å². The second kappa shape index (κ2) is 7.29. The van der Waals surface area contributed by atoms with Crippen molar-refractivity contribution in [2.45, 2.75) is 13.5 Å². The normalized spacial score (nSPS) is 10.9. The van der Waals surface area contributed by atoms with Gasteiger partial charge in [-0.25, -0.2) is 9.37 Å². The Morgan fingerprint density at radius 3 is 2.52 bits per heavy atom. The summed E-state index contributed by atoms with van der Waals surface area (Å²) >= 11 is 1.48. The Balaban J connectivity index is 1.76. The fourth-order valence-corrected chi connectivity index (χ4v) is 3.94. The van der Waals surface area contributed by atoms with Gasteiger partial charge in [0, 0.05) is 5.56 Å². The highest BCUT2D eigenvalue weighted by molar-refractivity contribution is 7.22. The molecule has 0 unspecified atom stereocenters. The third-order valence-electron chi connectivity index (χ3n) is 4.28. The number of aromatic nitrogens is 1. The molecule has 0 spiro atoms. The zero-order valence-corrected chi connectivity index (χ0v) is 15.5. The van der Waals surface area contributed by atoms with E-state index >= 15 is 0 Å². The molecule has 1 heterocycles. The monoisotopic (exact) mass is 376 g/mol. The number of carbonyl (C=O) groups excluding carboxylic acids is 1. The summed E-state index contributed by atoms with van der Waals surface area (Å²) in [4.78, 5) is 19.5. The fraction of sp³-hybridized carbons (Fsp3) is 0.0909. The molecule has 0 N–H and O–H groups in total. The van der Waals surface area contributed by atoms with Crippen molar-refractivity contribution in [3.8, 4) is 0 Å². The Labute approximate surface area is 160 Å². The molecule has 0 atom stereocenters. The second-order valence-corrected chi connectivity index (χ2v) is 7.36. The molecule has 134 valence electrons. The molecule has 0 radical (unpaired) electrons. The van der Waals surface area contributed by atoms with Gasteiger partial charge in [0.15, 0.2) is 5.13 Å². The lowest BCUT2D eigenvalue weighted by molar-refractivity contribution is 0.0985. The summed E-state index contributed by atoms with van der Waals surface area (Å²) in [5, 5.41) is 0.633. The average Bonchev–Trinajstić information content (AvgIpc) is 3.10. The zero-order chi connectivity index (χ0) is 18.8. The van der Waals surface area contributed by atoms with E-state index in [2.05, 4.69) is 11.1 Å². The molecule has 0 bridgehead atoms. The Morgan fingerprint density at radius 2 is 1.78 bits per heavy atom. The van der Waals surface area contributed by atoms with Gasteiger partial charge >= 0.3 is 0 Å². The summed E-state index contributed by atoms with van der Waals surface area (Å²) in [5.41, 5.74) is 3.45. The topological polar surface area (TPSA) is 33.2 Å². The van der Waals surface area contributed by atoms with E-state index in [-0.39, 0.29) is 11.7 Å². The van der Waals surface area contributed by atoms with Gasteiger partial charge in [0.05, 0.1) is 16.8 Å². The quantitative estimate of drug-likeness (QED) is 0.465. The van der Waals surface area contributed by atoms with Gasteiger partial charge in [-0.05, 0) is 54.4 Å². The largest absolute Gasteiger partial charge is 0.279 e. The minimum absolute atomic E-state index is 0.199. The van der Waals surface area contributed by atoms with Crippen LogP contribution in [0.2, 0.25) is 0 Å². The number of nitrogens with zero attached hydrogens (tertiary/aromatic N) is 2. The van der Waals surface area contributed by atoms with Crippen LogP contribution in [0.25, 0.3) is 10.2 Å². The molecule has 4 aromatic rings. The first-order valence-electron chi connectivity index (χ1n) is 8.59. The molecule has 27 heavy (non-hydrogen) atoms. The highest BCUT2D eigenvalue weighted by atomic mass is 32.1. The third-order valence-corrected chi connectivity index (χ3v) is 5.32. The summed E-state index contributed by atoms with van der Waals surface area (Å²) in [6.45, 7) is 2.43. The molecule has 0 aliphatic heterocycles. The van der Waals surface area contributed by atoms with Gasteiger partial charge in [-0.1, -0.05) is 47.7 Å².